The molecule has 104 valence electrons. The van der Waals surface area contributed by atoms with Gasteiger partial charge in [-0.05, 0) is 25.5 Å². The molecule has 1 aliphatic rings. The third-order valence-corrected chi connectivity index (χ3v) is 3.24. The van der Waals surface area contributed by atoms with Crippen LogP contribution >= 0.6 is 0 Å². The average Bonchev–Trinajstić information content (AvgIpc) is 2.35. The van der Waals surface area contributed by atoms with Crippen LogP contribution in [0.3, 0.4) is 0 Å². The highest BCUT2D eigenvalue weighted by molar-refractivity contribution is 5.95. The van der Waals surface area contributed by atoms with Gasteiger partial charge >= 0.3 is 0 Å². The summed E-state index contributed by atoms with van der Waals surface area (Å²) < 4.78 is 19.0. The molecule has 0 aliphatic heterocycles. The van der Waals surface area contributed by atoms with E-state index >= 15 is 0 Å². The zero-order valence-electron chi connectivity index (χ0n) is 10.6. The monoisotopic (exact) mass is 268 g/mol. The van der Waals surface area contributed by atoms with Crippen molar-refractivity contribution in [3.8, 4) is 5.75 Å². The van der Waals surface area contributed by atoms with Crippen LogP contribution in [0.4, 0.5) is 4.39 Å². The van der Waals surface area contributed by atoms with Crippen LogP contribution in [0.25, 0.3) is 0 Å². The van der Waals surface area contributed by atoms with Crippen LogP contribution in [0, 0.1) is 5.82 Å². The lowest BCUT2D eigenvalue weighted by atomic mass is 9.83. The maximum Gasteiger partial charge on any atom is 0.254 e. The molecule has 0 spiro atoms. The van der Waals surface area contributed by atoms with Crippen molar-refractivity contribution >= 4 is 5.91 Å². The molecule has 0 heterocycles. The van der Waals surface area contributed by atoms with Gasteiger partial charge in [0.15, 0.2) is 0 Å². The third kappa shape index (κ3) is 2.85. The minimum atomic E-state index is -0.765. The fourth-order valence-electron chi connectivity index (χ4n) is 2.14. The average molecular weight is 268 g/mol. The van der Waals surface area contributed by atoms with Gasteiger partial charge < -0.3 is 20.9 Å². The summed E-state index contributed by atoms with van der Waals surface area (Å²) in [4.78, 5) is 11.9. The van der Waals surface area contributed by atoms with Gasteiger partial charge in [-0.2, -0.15) is 0 Å². The molecule has 0 aromatic heterocycles. The summed E-state index contributed by atoms with van der Waals surface area (Å²) in [5.41, 5.74) is 5.69. The highest BCUT2D eigenvalue weighted by Gasteiger charge is 2.40. The Kier molecular flexibility index (Phi) is 4.01. The van der Waals surface area contributed by atoms with E-state index < -0.39 is 11.7 Å². The van der Waals surface area contributed by atoms with Crippen molar-refractivity contribution in [1.29, 1.82) is 0 Å². The summed E-state index contributed by atoms with van der Waals surface area (Å²) >= 11 is 0. The normalized spacial score (nSPS) is 25.7. The maximum atomic E-state index is 13.5. The van der Waals surface area contributed by atoms with Crippen molar-refractivity contribution < 1.29 is 19.0 Å². The maximum absolute atomic E-state index is 13.5. The predicted octanol–water partition coefficient (Wildman–Crippen LogP) is 0.766. The van der Waals surface area contributed by atoms with Crippen LogP contribution in [0.2, 0.25) is 0 Å². The molecule has 3 atom stereocenters. The van der Waals surface area contributed by atoms with Gasteiger partial charge in [0.1, 0.15) is 11.6 Å². The Hall–Kier alpha value is -1.66. The molecule has 19 heavy (non-hydrogen) atoms. The second kappa shape index (κ2) is 5.54. The van der Waals surface area contributed by atoms with Crippen LogP contribution in [0.1, 0.15) is 23.7 Å². The number of phenols is 1. The summed E-state index contributed by atoms with van der Waals surface area (Å²) in [6, 6.07) is 2.91. The fourth-order valence-corrected chi connectivity index (χ4v) is 2.14. The van der Waals surface area contributed by atoms with Crippen LogP contribution in [-0.4, -0.2) is 35.8 Å². The zero-order chi connectivity index (χ0) is 14.0. The number of hydrogen-bond donors (Lipinski definition) is 3. The summed E-state index contributed by atoms with van der Waals surface area (Å²) in [6.45, 7) is 2.40. The Morgan fingerprint density at radius 1 is 1.63 bits per heavy atom. The van der Waals surface area contributed by atoms with Crippen LogP contribution in [0.15, 0.2) is 18.2 Å². The second-order valence-electron chi connectivity index (χ2n) is 4.56. The van der Waals surface area contributed by atoms with Crippen LogP contribution in [-0.2, 0) is 4.74 Å². The van der Waals surface area contributed by atoms with Gasteiger partial charge in [-0.3, -0.25) is 4.79 Å². The molecule has 0 radical (unpaired) electrons. The summed E-state index contributed by atoms with van der Waals surface area (Å²) in [5.74, 6) is -1.54. The van der Waals surface area contributed by atoms with Gasteiger partial charge in [0.2, 0.25) is 0 Å². The molecular formula is C13H17FN2O3. The number of aromatic hydroxyl groups is 1. The standard InChI is InChI=1S/C13H17FN2O3/c1-2-19-11-6-10(15)12(11)16-13(18)8-4-3-7(17)5-9(8)14/h3-5,10-12,17H,2,6,15H2,1H3,(H,16,18). The molecule has 1 aromatic rings. The molecule has 1 aliphatic carbocycles. The number of phenolic OH excluding ortho intramolecular Hbond substituents is 1. The second-order valence-corrected chi connectivity index (χ2v) is 4.56. The minimum Gasteiger partial charge on any atom is -0.508 e. The number of nitrogens with one attached hydrogen (secondary N) is 1. The first-order valence-electron chi connectivity index (χ1n) is 6.19. The van der Waals surface area contributed by atoms with E-state index in [2.05, 4.69) is 5.32 Å². The predicted molar refractivity (Wildman–Crippen MR) is 67.3 cm³/mol. The van der Waals surface area contributed by atoms with Crippen molar-refractivity contribution in [2.24, 2.45) is 5.73 Å². The minimum absolute atomic E-state index is 0.118. The van der Waals surface area contributed by atoms with Crippen LogP contribution in [0.5, 0.6) is 5.75 Å². The Balaban J connectivity index is 2.04. The number of amides is 1. The SMILES string of the molecule is CCOC1CC(N)C1NC(=O)c1ccc(O)cc1F. The van der Waals surface area contributed by atoms with Crippen molar-refractivity contribution in [2.75, 3.05) is 6.61 Å². The molecule has 4 N–H and O–H groups in total. The lowest BCUT2D eigenvalue weighted by Gasteiger charge is -2.42. The van der Waals surface area contributed by atoms with E-state index in [1.54, 1.807) is 0 Å². The first-order valence-corrected chi connectivity index (χ1v) is 6.19. The highest BCUT2D eigenvalue weighted by atomic mass is 19.1. The molecule has 6 heteroatoms. The number of hydrogen-bond acceptors (Lipinski definition) is 4. The van der Waals surface area contributed by atoms with Crippen molar-refractivity contribution in [2.45, 2.75) is 31.5 Å². The number of benzene rings is 1. The molecule has 1 saturated carbocycles. The zero-order valence-corrected chi connectivity index (χ0v) is 10.6. The lowest BCUT2D eigenvalue weighted by molar-refractivity contribution is -0.0300. The van der Waals surface area contributed by atoms with Crippen molar-refractivity contribution in [1.82, 2.24) is 5.32 Å². The number of ether oxygens (including phenoxy) is 1. The molecular weight excluding hydrogens is 251 g/mol. The lowest BCUT2D eigenvalue weighted by Crippen LogP contribution is -2.64. The number of rotatable bonds is 4. The number of halogens is 1. The van der Waals surface area contributed by atoms with E-state index in [0.717, 1.165) is 6.07 Å². The molecule has 3 unspecified atom stereocenters. The first-order chi connectivity index (χ1) is 9.02. The van der Waals surface area contributed by atoms with Crippen molar-refractivity contribution in [3.63, 3.8) is 0 Å². The smallest absolute Gasteiger partial charge is 0.254 e. The topological polar surface area (TPSA) is 84.6 Å². The quantitative estimate of drug-likeness (QED) is 0.753. The van der Waals surface area contributed by atoms with E-state index in [-0.39, 0.29) is 29.5 Å². The Labute approximate surface area is 110 Å². The Morgan fingerprint density at radius 3 is 2.95 bits per heavy atom. The summed E-state index contributed by atoms with van der Waals surface area (Å²) in [5, 5.41) is 11.8. The third-order valence-electron chi connectivity index (χ3n) is 3.24. The van der Waals surface area contributed by atoms with E-state index in [4.69, 9.17) is 15.6 Å². The molecule has 0 bridgehead atoms. The Bertz CT molecular complexity index is 479. The van der Waals surface area contributed by atoms with Crippen molar-refractivity contribution in [3.05, 3.63) is 29.6 Å². The van der Waals surface area contributed by atoms with E-state index in [0.29, 0.717) is 13.0 Å². The van der Waals surface area contributed by atoms with Gasteiger partial charge in [-0.15, -0.1) is 0 Å². The Morgan fingerprint density at radius 2 is 2.37 bits per heavy atom. The molecule has 2 rings (SSSR count). The van der Waals surface area contributed by atoms with Gasteiger partial charge in [0.25, 0.3) is 5.91 Å². The van der Waals surface area contributed by atoms with E-state index in [1.165, 1.54) is 12.1 Å². The number of carbonyl (C=O) groups excluding carboxylic acids is 1. The van der Waals surface area contributed by atoms with E-state index in [9.17, 15) is 9.18 Å². The summed E-state index contributed by atoms with van der Waals surface area (Å²) in [7, 11) is 0. The van der Waals surface area contributed by atoms with E-state index in [1.807, 2.05) is 6.92 Å². The largest absolute Gasteiger partial charge is 0.508 e. The first kappa shape index (κ1) is 13.8. The molecule has 1 fully saturated rings. The summed E-state index contributed by atoms with van der Waals surface area (Å²) in [6.07, 6.45) is 0.556. The molecule has 1 aromatic carbocycles. The number of nitrogens with two attached hydrogens (primary N) is 1. The number of carbonyl (C=O) groups is 1. The highest BCUT2D eigenvalue weighted by Crippen LogP contribution is 2.23. The van der Waals surface area contributed by atoms with Gasteiger partial charge in [-0.25, -0.2) is 4.39 Å². The van der Waals surface area contributed by atoms with Gasteiger partial charge in [-0.1, -0.05) is 0 Å². The molecule has 1 amide bonds. The molecule has 5 nitrogen and oxygen atoms in total. The fraction of sp³-hybridized carbons (Fsp3) is 0.462. The van der Waals surface area contributed by atoms with Crippen LogP contribution < -0.4 is 11.1 Å². The van der Waals surface area contributed by atoms with Gasteiger partial charge in [0, 0.05) is 18.7 Å². The molecule has 0 saturated heterocycles. The van der Waals surface area contributed by atoms with Gasteiger partial charge in [0.05, 0.1) is 17.7 Å².